The van der Waals surface area contributed by atoms with Crippen molar-refractivity contribution in [1.82, 2.24) is 9.78 Å². The molecule has 0 N–H and O–H groups in total. The Hall–Kier alpha value is -1.39. The van der Waals surface area contributed by atoms with Crippen molar-refractivity contribution in [3.63, 3.8) is 0 Å². The predicted octanol–water partition coefficient (Wildman–Crippen LogP) is 5.25. The minimum absolute atomic E-state index is 0. The normalized spacial score (nSPS) is 12.2. The van der Waals surface area contributed by atoms with Gasteiger partial charge in [-0.2, -0.15) is 5.10 Å². The fourth-order valence-electron chi connectivity index (χ4n) is 3.11. The zero-order valence-electron chi connectivity index (χ0n) is 12.0. The van der Waals surface area contributed by atoms with E-state index in [1.54, 1.807) is 0 Å². The van der Waals surface area contributed by atoms with Crippen molar-refractivity contribution in [2.45, 2.75) is 18.3 Å². The Bertz CT molecular complexity index is 794. The SMILES string of the molecule is Br.BrCc1c(-c2ccccc2)nn2c1-c1ccccc1CC2. The van der Waals surface area contributed by atoms with Crippen molar-refractivity contribution in [1.29, 1.82) is 0 Å². The van der Waals surface area contributed by atoms with Gasteiger partial charge in [-0.05, 0) is 12.0 Å². The maximum absolute atomic E-state index is 4.88. The summed E-state index contributed by atoms with van der Waals surface area (Å²) in [5.74, 6) is 0. The van der Waals surface area contributed by atoms with Gasteiger partial charge in [0.1, 0.15) is 0 Å². The Morgan fingerprint density at radius 1 is 1.00 bits per heavy atom. The summed E-state index contributed by atoms with van der Waals surface area (Å²) < 4.78 is 2.17. The van der Waals surface area contributed by atoms with Crippen molar-refractivity contribution >= 4 is 32.9 Å². The Labute approximate surface area is 149 Å². The van der Waals surface area contributed by atoms with Gasteiger partial charge < -0.3 is 0 Å². The fourth-order valence-corrected chi connectivity index (χ4v) is 3.64. The van der Waals surface area contributed by atoms with Crippen molar-refractivity contribution < 1.29 is 0 Å². The summed E-state index contributed by atoms with van der Waals surface area (Å²) in [7, 11) is 0. The van der Waals surface area contributed by atoms with E-state index in [1.807, 2.05) is 6.07 Å². The Balaban J connectivity index is 0.00000144. The molecule has 0 unspecified atom stereocenters. The Morgan fingerprint density at radius 3 is 2.50 bits per heavy atom. The first-order valence-electron chi connectivity index (χ1n) is 7.18. The van der Waals surface area contributed by atoms with E-state index < -0.39 is 0 Å². The van der Waals surface area contributed by atoms with Crippen molar-refractivity contribution in [2.24, 2.45) is 0 Å². The molecule has 22 heavy (non-hydrogen) atoms. The molecule has 1 aromatic heterocycles. The number of halogens is 2. The second kappa shape index (κ2) is 6.39. The van der Waals surface area contributed by atoms with E-state index >= 15 is 0 Å². The van der Waals surface area contributed by atoms with E-state index in [0.29, 0.717) is 0 Å². The third-order valence-electron chi connectivity index (χ3n) is 4.10. The van der Waals surface area contributed by atoms with E-state index in [2.05, 4.69) is 69.1 Å². The molecule has 0 saturated heterocycles. The number of alkyl halides is 1. The second-order valence-electron chi connectivity index (χ2n) is 5.31. The first-order chi connectivity index (χ1) is 10.4. The summed E-state index contributed by atoms with van der Waals surface area (Å²) in [6.07, 6.45) is 1.06. The molecule has 0 atom stereocenters. The minimum Gasteiger partial charge on any atom is -0.264 e. The van der Waals surface area contributed by atoms with Gasteiger partial charge in [0.25, 0.3) is 0 Å². The summed E-state index contributed by atoms with van der Waals surface area (Å²) in [5, 5.41) is 5.70. The Kier molecular flexibility index (Phi) is 4.50. The molecular formula is C18H16Br2N2. The molecule has 0 spiro atoms. The fraction of sp³-hybridized carbons (Fsp3) is 0.167. The van der Waals surface area contributed by atoms with Crippen LogP contribution in [0.3, 0.4) is 0 Å². The number of benzene rings is 2. The van der Waals surface area contributed by atoms with Crippen LogP contribution in [-0.2, 0) is 18.3 Å². The van der Waals surface area contributed by atoms with Gasteiger partial charge in [-0.3, -0.25) is 4.68 Å². The Morgan fingerprint density at radius 2 is 1.73 bits per heavy atom. The van der Waals surface area contributed by atoms with Crippen molar-refractivity contribution in [3.05, 3.63) is 65.7 Å². The molecule has 0 fully saturated rings. The third-order valence-corrected chi connectivity index (χ3v) is 4.66. The topological polar surface area (TPSA) is 17.8 Å². The highest BCUT2D eigenvalue weighted by atomic mass is 79.9. The maximum atomic E-state index is 4.88. The number of rotatable bonds is 2. The number of aryl methyl sites for hydroxylation is 2. The molecule has 0 amide bonds. The van der Waals surface area contributed by atoms with Crippen LogP contribution in [0.25, 0.3) is 22.5 Å². The summed E-state index contributed by atoms with van der Waals surface area (Å²) in [6, 6.07) is 19.1. The highest BCUT2D eigenvalue weighted by Gasteiger charge is 2.24. The average molecular weight is 420 g/mol. The molecule has 2 aromatic carbocycles. The summed E-state index contributed by atoms with van der Waals surface area (Å²) in [4.78, 5) is 0. The van der Waals surface area contributed by atoms with Crippen LogP contribution in [0.15, 0.2) is 54.6 Å². The van der Waals surface area contributed by atoms with Crippen LogP contribution in [0.2, 0.25) is 0 Å². The second-order valence-corrected chi connectivity index (χ2v) is 5.87. The molecule has 3 aromatic rings. The molecule has 4 rings (SSSR count). The molecule has 0 radical (unpaired) electrons. The predicted molar refractivity (Wildman–Crippen MR) is 99.8 cm³/mol. The van der Waals surface area contributed by atoms with Crippen molar-refractivity contribution in [2.75, 3.05) is 0 Å². The molecule has 2 heterocycles. The smallest absolute Gasteiger partial charge is 0.0970 e. The molecular weight excluding hydrogens is 404 g/mol. The van der Waals surface area contributed by atoms with Gasteiger partial charge >= 0.3 is 0 Å². The van der Waals surface area contributed by atoms with E-state index in [4.69, 9.17) is 5.10 Å². The zero-order chi connectivity index (χ0) is 14.2. The summed E-state index contributed by atoms with van der Waals surface area (Å²) in [5.41, 5.74) is 7.59. The average Bonchev–Trinajstić information content (AvgIpc) is 2.94. The molecule has 0 aliphatic carbocycles. The number of hydrogen-bond donors (Lipinski definition) is 0. The van der Waals surface area contributed by atoms with E-state index in [1.165, 1.54) is 27.9 Å². The molecule has 4 heteroatoms. The van der Waals surface area contributed by atoms with E-state index in [-0.39, 0.29) is 17.0 Å². The van der Waals surface area contributed by atoms with Crippen LogP contribution in [0.4, 0.5) is 0 Å². The number of hydrogen-bond acceptors (Lipinski definition) is 1. The lowest BCUT2D eigenvalue weighted by Gasteiger charge is -2.18. The number of fused-ring (bicyclic) bond motifs is 3. The van der Waals surface area contributed by atoms with Gasteiger partial charge in [0.2, 0.25) is 0 Å². The van der Waals surface area contributed by atoms with Gasteiger partial charge in [-0.1, -0.05) is 70.5 Å². The van der Waals surface area contributed by atoms with Gasteiger partial charge in [-0.15, -0.1) is 17.0 Å². The minimum atomic E-state index is 0. The van der Waals surface area contributed by atoms with Crippen LogP contribution < -0.4 is 0 Å². The number of nitrogens with zero attached hydrogens (tertiary/aromatic N) is 2. The van der Waals surface area contributed by atoms with Gasteiger partial charge in [0.05, 0.1) is 11.4 Å². The van der Waals surface area contributed by atoms with Crippen LogP contribution in [0.1, 0.15) is 11.1 Å². The molecule has 1 aliphatic rings. The number of aromatic nitrogens is 2. The van der Waals surface area contributed by atoms with Crippen LogP contribution in [-0.4, -0.2) is 9.78 Å². The van der Waals surface area contributed by atoms with Gasteiger partial charge in [0, 0.05) is 28.6 Å². The highest BCUT2D eigenvalue weighted by Crippen LogP contribution is 2.37. The van der Waals surface area contributed by atoms with Gasteiger partial charge in [-0.25, -0.2) is 0 Å². The maximum Gasteiger partial charge on any atom is 0.0970 e. The third kappa shape index (κ3) is 2.44. The lowest BCUT2D eigenvalue weighted by atomic mass is 9.95. The largest absolute Gasteiger partial charge is 0.264 e. The molecule has 1 aliphatic heterocycles. The van der Waals surface area contributed by atoms with Gasteiger partial charge in [0.15, 0.2) is 0 Å². The van der Waals surface area contributed by atoms with Crippen LogP contribution >= 0.6 is 32.9 Å². The lowest BCUT2D eigenvalue weighted by Crippen LogP contribution is -2.12. The van der Waals surface area contributed by atoms with Crippen LogP contribution in [0.5, 0.6) is 0 Å². The summed E-state index contributed by atoms with van der Waals surface area (Å²) >= 11 is 3.66. The standard InChI is InChI=1S/C18H15BrN2.BrH/c19-12-16-17(14-7-2-1-3-8-14)20-21-11-10-13-6-4-5-9-15(13)18(16)21;/h1-9H,10-12H2;1H. The van der Waals surface area contributed by atoms with Crippen molar-refractivity contribution in [3.8, 4) is 22.5 Å². The highest BCUT2D eigenvalue weighted by molar-refractivity contribution is 9.08. The molecule has 2 nitrogen and oxygen atoms in total. The van der Waals surface area contributed by atoms with E-state index in [9.17, 15) is 0 Å². The summed E-state index contributed by atoms with van der Waals surface area (Å²) in [6.45, 7) is 0.958. The van der Waals surface area contributed by atoms with Crippen LogP contribution in [0, 0.1) is 0 Å². The van der Waals surface area contributed by atoms with E-state index in [0.717, 1.165) is 24.0 Å². The molecule has 0 saturated carbocycles. The zero-order valence-corrected chi connectivity index (χ0v) is 15.3. The first kappa shape index (κ1) is 15.5. The molecule has 0 bridgehead atoms. The quantitative estimate of drug-likeness (QED) is 0.519. The molecule has 112 valence electrons. The monoisotopic (exact) mass is 418 g/mol. The first-order valence-corrected chi connectivity index (χ1v) is 8.30. The lowest BCUT2D eigenvalue weighted by molar-refractivity contribution is 0.608.